The lowest BCUT2D eigenvalue weighted by molar-refractivity contribution is -0.136. The smallest absolute Gasteiger partial charge is 0.307 e. The number of aliphatic carboxylic acids is 1. The van der Waals surface area contributed by atoms with Crippen LogP contribution < -0.4 is 0 Å². The third kappa shape index (κ3) is 3.42. The second kappa shape index (κ2) is 6.43. The third-order valence-corrected chi connectivity index (χ3v) is 3.28. The molecule has 4 nitrogen and oxygen atoms in total. The van der Waals surface area contributed by atoms with Gasteiger partial charge in [-0.25, -0.2) is 14.4 Å². The number of nitrogens with zero attached hydrogens (tertiary/aromatic N) is 2. The maximum Gasteiger partial charge on any atom is 0.307 e. The molecule has 2 rings (SSSR count). The van der Waals surface area contributed by atoms with Crippen molar-refractivity contribution in [1.82, 2.24) is 9.97 Å². The van der Waals surface area contributed by atoms with Crippen molar-refractivity contribution in [1.29, 1.82) is 0 Å². The van der Waals surface area contributed by atoms with E-state index in [1.54, 1.807) is 12.1 Å². The summed E-state index contributed by atoms with van der Waals surface area (Å²) in [6.45, 7) is 3.86. The molecule has 2 aromatic rings. The SMILES string of the molecule is CCc1nc(-c2ccc(F)cc2)nc(CC)c1CC(=O)O. The molecule has 0 aliphatic carbocycles. The zero-order valence-electron chi connectivity index (χ0n) is 12.1. The molecule has 1 N–H and O–H groups in total. The molecule has 0 fully saturated rings. The summed E-state index contributed by atoms with van der Waals surface area (Å²) in [6, 6.07) is 5.98. The van der Waals surface area contributed by atoms with Crippen LogP contribution in [-0.4, -0.2) is 21.0 Å². The van der Waals surface area contributed by atoms with E-state index in [9.17, 15) is 9.18 Å². The van der Waals surface area contributed by atoms with Crippen LogP contribution in [-0.2, 0) is 24.1 Å². The molecule has 1 heterocycles. The van der Waals surface area contributed by atoms with Gasteiger partial charge in [0.25, 0.3) is 0 Å². The Morgan fingerprint density at radius 1 is 1.10 bits per heavy atom. The number of benzene rings is 1. The van der Waals surface area contributed by atoms with Gasteiger partial charge in [0.05, 0.1) is 6.42 Å². The van der Waals surface area contributed by atoms with Crippen LogP contribution in [0.3, 0.4) is 0 Å². The van der Waals surface area contributed by atoms with Gasteiger partial charge in [-0.05, 0) is 37.1 Å². The Balaban J connectivity index is 2.54. The molecule has 21 heavy (non-hydrogen) atoms. The summed E-state index contributed by atoms with van der Waals surface area (Å²) >= 11 is 0. The maximum atomic E-state index is 13.0. The van der Waals surface area contributed by atoms with E-state index < -0.39 is 5.97 Å². The van der Waals surface area contributed by atoms with Crippen LogP contribution in [0, 0.1) is 5.82 Å². The van der Waals surface area contributed by atoms with Crippen molar-refractivity contribution >= 4 is 5.97 Å². The van der Waals surface area contributed by atoms with Crippen LogP contribution in [0.1, 0.15) is 30.8 Å². The lowest BCUT2D eigenvalue weighted by Crippen LogP contribution is -2.11. The summed E-state index contributed by atoms with van der Waals surface area (Å²) in [5, 5.41) is 9.03. The Kier molecular flexibility index (Phi) is 4.62. The molecule has 0 saturated heterocycles. The van der Waals surface area contributed by atoms with Crippen LogP contribution in [0.15, 0.2) is 24.3 Å². The molecule has 0 saturated carbocycles. The van der Waals surface area contributed by atoms with Gasteiger partial charge in [-0.1, -0.05) is 13.8 Å². The van der Waals surface area contributed by atoms with Crippen molar-refractivity contribution in [3.05, 3.63) is 47.0 Å². The minimum Gasteiger partial charge on any atom is -0.481 e. The van der Waals surface area contributed by atoms with E-state index in [-0.39, 0.29) is 12.2 Å². The molecule has 0 bridgehead atoms. The Hall–Kier alpha value is -2.30. The number of carboxylic acids is 1. The highest BCUT2D eigenvalue weighted by molar-refractivity contribution is 5.71. The Labute approximate surface area is 122 Å². The molecule has 0 spiro atoms. The fourth-order valence-electron chi connectivity index (χ4n) is 2.25. The number of aromatic nitrogens is 2. The van der Waals surface area contributed by atoms with Crippen LogP contribution >= 0.6 is 0 Å². The highest BCUT2D eigenvalue weighted by Crippen LogP contribution is 2.21. The molecular formula is C16H17FN2O2. The molecule has 0 unspecified atom stereocenters. The van der Waals surface area contributed by atoms with Crippen LogP contribution in [0.4, 0.5) is 4.39 Å². The first-order valence-electron chi connectivity index (χ1n) is 6.91. The summed E-state index contributed by atoms with van der Waals surface area (Å²) in [4.78, 5) is 19.9. The average molecular weight is 288 g/mol. The molecule has 0 amide bonds. The van der Waals surface area contributed by atoms with Crippen molar-refractivity contribution in [2.24, 2.45) is 0 Å². The van der Waals surface area contributed by atoms with E-state index in [0.717, 1.165) is 17.0 Å². The monoisotopic (exact) mass is 288 g/mol. The molecule has 0 aliphatic rings. The number of carbonyl (C=O) groups is 1. The molecule has 1 aromatic heterocycles. The van der Waals surface area contributed by atoms with Gasteiger partial charge in [-0.15, -0.1) is 0 Å². The molecule has 0 atom stereocenters. The number of hydrogen-bond acceptors (Lipinski definition) is 3. The second-order valence-electron chi connectivity index (χ2n) is 4.70. The Morgan fingerprint density at radius 3 is 2.05 bits per heavy atom. The van der Waals surface area contributed by atoms with Crippen molar-refractivity contribution in [2.45, 2.75) is 33.1 Å². The fraction of sp³-hybridized carbons (Fsp3) is 0.312. The van der Waals surface area contributed by atoms with Crippen molar-refractivity contribution in [2.75, 3.05) is 0 Å². The molecule has 1 aromatic carbocycles. The number of aryl methyl sites for hydroxylation is 2. The highest BCUT2D eigenvalue weighted by Gasteiger charge is 2.15. The highest BCUT2D eigenvalue weighted by atomic mass is 19.1. The van der Waals surface area contributed by atoms with E-state index in [2.05, 4.69) is 9.97 Å². The minimum atomic E-state index is -0.891. The largest absolute Gasteiger partial charge is 0.481 e. The fourth-order valence-corrected chi connectivity index (χ4v) is 2.25. The van der Waals surface area contributed by atoms with Crippen molar-refractivity contribution in [3.8, 4) is 11.4 Å². The number of halogens is 1. The van der Waals surface area contributed by atoms with Gasteiger partial charge in [0.2, 0.25) is 0 Å². The van der Waals surface area contributed by atoms with Crippen molar-refractivity contribution < 1.29 is 14.3 Å². The van der Waals surface area contributed by atoms with Crippen LogP contribution in [0.2, 0.25) is 0 Å². The standard InChI is InChI=1S/C16H17FN2O2/c1-3-13-12(9-15(20)21)14(4-2)19-16(18-13)10-5-7-11(17)8-6-10/h5-8H,3-4,9H2,1-2H3,(H,20,21). The predicted molar refractivity (Wildman–Crippen MR) is 77.5 cm³/mol. The summed E-state index contributed by atoms with van der Waals surface area (Å²) in [6.07, 6.45) is 1.19. The second-order valence-corrected chi connectivity index (χ2v) is 4.70. The minimum absolute atomic E-state index is 0.0734. The summed E-state index contributed by atoms with van der Waals surface area (Å²) in [5.41, 5.74) is 2.90. The normalized spacial score (nSPS) is 10.6. The van der Waals surface area contributed by atoms with Gasteiger partial charge in [-0.2, -0.15) is 0 Å². The van der Waals surface area contributed by atoms with Crippen LogP contribution in [0.25, 0.3) is 11.4 Å². The topological polar surface area (TPSA) is 63.1 Å². The zero-order chi connectivity index (χ0) is 15.4. The first-order valence-corrected chi connectivity index (χ1v) is 6.91. The molecule has 110 valence electrons. The van der Waals surface area contributed by atoms with Gasteiger partial charge >= 0.3 is 5.97 Å². The van der Waals surface area contributed by atoms with Crippen LogP contribution in [0.5, 0.6) is 0 Å². The maximum absolute atomic E-state index is 13.0. The zero-order valence-corrected chi connectivity index (χ0v) is 12.1. The van der Waals surface area contributed by atoms with Gasteiger partial charge in [0.15, 0.2) is 5.82 Å². The summed E-state index contributed by atoms with van der Waals surface area (Å²) in [5.74, 6) is -0.692. The Morgan fingerprint density at radius 2 is 1.62 bits per heavy atom. The number of rotatable bonds is 5. The lowest BCUT2D eigenvalue weighted by atomic mass is 10.0. The predicted octanol–water partition coefficient (Wildman–Crippen LogP) is 3.03. The quantitative estimate of drug-likeness (QED) is 0.918. The number of hydrogen-bond donors (Lipinski definition) is 1. The van der Waals surface area contributed by atoms with Gasteiger partial charge < -0.3 is 5.11 Å². The van der Waals surface area contributed by atoms with Gasteiger partial charge in [-0.3, -0.25) is 4.79 Å². The first kappa shape index (κ1) is 15.1. The summed E-state index contributed by atoms with van der Waals surface area (Å²) in [7, 11) is 0. The molecular weight excluding hydrogens is 271 g/mol. The van der Waals surface area contributed by atoms with E-state index >= 15 is 0 Å². The molecule has 0 aliphatic heterocycles. The third-order valence-electron chi connectivity index (χ3n) is 3.28. The van der Waals surface area contributed by atoms with E-state index in [0.29, 0.717) is 24.2 Å². The Bertz CT molecular complexity index is 629. The van der Waals surface area contributed by atoms with Gasteiger partial charge in [0, 0.05) is 22.5 Å². The van der Waals surface area contributed by atoms with Gasteiger partial charge in [0.1, 0.15) is 5.82 Å². The van der Waals surface area contributed by atoms with E-state index in [4.69, 9.17) is 5.11 Å². The molecule has 5 heteroatoms. The number of carboxylic acid groups (broad SMARTS) is 1. The summed E-state index contributed by atoms with van der Waals surface area (Å²) < 4.78 is 13.0. The first-order chi connectivity index (χ1) is 10.0. The average Bonchev–Trinajstić information content (AvgIpc) is 2.47. The van der Waals surface area contributed by atoms with E-state index in [1.165, 1.54) is 12.1 Å². The van der Waals surface area contributed by atoms with E-state index in [1.807, 2.05) is 13.8 Å². The lowest BCUT2D eigenvalue weighted by Gasteiger charge is -2.12. The van der Waals surface area contributed by atoms with Crippen molar-refractivity contribution in [3.63, 3.8) is 0 Å². The molecule has 0 radical (unpaired) electrons.